The Morgan fingerprint density at radius 1 is 1.04 bits per heavy atom. The van der Waals surface area contributed by atoms with Crippen molar-refractivity contribution in [2.45, 2.75) is 45.1 Å². The van der Waals surface area contributed by atoms with E-state index in [1.54, 1.807) is 7.11 Å². The second-order valence-electron chi connectivity index (χ2n) is 6.77. The maximum Gasteiger partial charge on any atom is 0.122 e. The van der Waals surface area contributed by atoms with Crippen molar-refractivity contribution in [1.29, 1.82) is 0 Å². The lowest BCUT2D eigenvalue weighted by atomic mass is 9.86. The average molecular weight is 323 g/mol. The average Bonchev–Trinajstić information content (AvgIpc) is 2.65. The van der Waals surface area contributed by atoms with Gasteiger partial charge in [-0.15, -0.1) is 0 Å². The van der Waals surface area contributed by atoms with Gasteiger partial charge in [0.05, 0.1) is 7.11 Å². The molecule has 24 heavy (non-hydrogen) atoms. The Labute approximate surface area is 146 Å². The predicted molar refractivity (Wildman–Crippen MR) is 101 cm³/mol. The van der Waals surface area contributed by atoms with Gasteiger partial charge in [0.2, 0.25) is 0 Å². The fourth-order valence-corrected chi connectivity index (χ4v) is 3.92. The van der Waals surface area contributed by atoms with Crippen LogP contribution in [0.2, 0.25) is 0 Å². The van der Waals surface area contributed by atoms with E-state index in [0.29, 0.717) is 6.04 Å². The van der Waals surface area contributed by atoms with Crippen LogP contribution >= 0.6 is 0 Å². The van der Waals surface area contributed by atoms with Crippen molar-refractivity contribution in [3.8, 4) is 5.75 Å². The molecular formula is C22H29NO. The molecule has 0 aromatic heterocycles. The molecule has 1 aliphatic carbocycles. The summed E-state index contributed by atoms with van der Waals surface area (Å²) in [7, 11) is 1.79. The van der Waals surface area contributed by atoms with Gasteiger partial charge in [0.15, 0.2) is 0 Å². The molecule has 0 fully saturated rings. The Morgan fingerprint density at radius 3 is 2.62 bits per heavy atom. The molecule has 0 saturated carbocycles. The molecule has 128 valence electrons. The number of aryl methyl sites for hydroxylation is 1. The van der Waals surface area contributed by atoms with E-state index in [2.05, 4.69) is 60.4 Å². The first-order valence-corrected chi connectivity index (χ1v) is 9.24. The Morgan fingerprint density at radius 2 is 1.88 bits per heavy atom. The van der Waals surface area contributed by atoms with Crippen LogP contribution in [0.15, 0.2) is 48.5 Å². The van der Waals surface area contributed by atoms with Crippen LogP contribution in [0.3, 0.4) is 0 Å². The van der Waals surface area contributed by atoms with E-state index in [1.165, 1.54) is 42.5 Å². The summed E-state index contributed by atoms with van der Waals surface area (Å²) >= 11 is 0. The van der Waals surface area contributed by atoms with Crippen molar-refractivity contribution in [3.63, 3.8) is 0 Å². The van der Waals surface area contributed by atoms with Crippen LogP contribution in [-0.4, -0.2) is 31.1 Å². The summed E-state index contributed by atoms with van der Waals surface area (Å²) in [6.45, 7) is 4.61. The summed E-state index contributed by atoms with van der Waals surface area (Å²) in [6, 6.07) is 18.0. The highest BCUT2D eigenvalue weighted by Gasteiger charge is 2.25. The minimum Gasteiger partial charge on any atom is -0.496 e. The van der Waals surface area contributed by atoms with Crippen molar-refractivity contribution >= 4 is 0 Å². The summed E-state index contributed by atoms with van der Waals surface area (Å²) in [5, 5.41) is 0. The molecule has 0 aliphatic heterocycles. The van der Waals surface area contributed by atoms with Gasteiger partial charge in [-0.05, 0) is 61.4 Å². The first kappa shape index (κ1) is 17.0. The number of benzene rings is 2. The first-order valence-electron chi connectivity index (χ1n) is 9.24. The molecule has 2 heteroatoms. The quantitative estimate of drug-likeness (QED) is 0.743. The Bertz CT molecular complexity index is 623. The van der Waals surface area contributed by atoms with Crippen LogP contribution in [0.5, 0.6) is 5.75 Å². The summed E-state index contributed by atoms with van der Waals surface area (Å²) in [4.78, 5) is 2.70. The fraction of sp³-hybridized carbons (Fsp3) is 0.455. The monoisotopic (exact) mass is 323 g/mol. The summed E-state index contributed by atoms with van der Waals surface area (Å²) in [5.41, 5.74) is 4.34. The van der Waals surface area contributed by atoms with Crippen LogP contribution in [0.4, 0.5) is 0 Å². The maximum absolute atomic E-state index is 5.61. The van der Waals surface area contributed by atoms with Gasteiger partial charge >= 0.3 is 0 Å². The number of nitrogens with zero attached hydrogens (tertiary/aromatic N) is 1. The van der Waals surface area contributed by atoms with Crippen LogP contribution in [0, 0.1) is 0 Å². The molecule has 0 N–H and O–H groups in total. The van der Waals surface area contributed by atoms with Gasteiger partial charge < -0.3 is 4.74 Å². The molecule has 0 bridgehead atoms. The molecule has 2 aromatic rings. The third-order valence-corrected chi connectivity index (χ3v) is 5.19. The summed E-state index contributed by atoms with van der Waals surface area (Å²) in [6.07, 6.45) is 5.89. The molecule has 2 aromatic carbocycles. The highest BCUT2D eigenvalue weighted by Crippen LogP contribution is 2.31. The van der Waals surface area contributed by atoms with Crippen molar-refractivity contribution in [3.05, 3.63) is 65.2 Å². The molecule has 0 heterocycles. The summed E-state index contributed by atoms with van der Waals surface area (Å²) < 4.78 is 5.61. The number of methoxy groups -OCH3 is 1. The van der Waals surface area contributed by atoms with E-state index in [-0.39, 0.29) is 0 Å². The molecule has 0 amide bonds. The lowest BCUT2D eigenvalue weighted by Gasteiger charge is -2.35. The highest BCUT2D eigenvalue weighted by molar-refractivity contribution is 5.42. The van der Waals surface area contributed by atoms with Crippen LogP contribution in [0.25, 0.3) is 0 Å². The van der Waals surface area contributed by atoms with Crippen LogP contribution in [0.1, 0.15) is 36.5 Å². The third-order valence-electron chi connectivity index (χ3n) is 5.19. The SMILES string of the molecule is CCCN(CCc1ccccc1)C1CCc2cccc(OC)c2C1. The zero-order chi connectivity index (χ0) is 16.8. The van der Waals surface area contributed by atoms with E-state index in [0.717, 1.165) is 25.1 Å². The van der Waals surface area contributed by atoms with Gasteiger partial charge in [0.1, 0.15) is 5.75 Å². The number of rotatable bonds is 7. The van der Waals surface area contributed by atoms with Gasteiger partial charge in [-0.25, -0.2) is 0 Å². The smallest absolute Gasteiger partial charge is 0.122 e. The van der Waals surface area contributed by atoms with Crippen LogP contribution in [-0.2, 0) is 19.3 Å². The zero-order valence-corrected chi connectivity index (χ0v) is 15.0. The Balaban J connectivity index is 1.70. The highest BCUT2D eigenvalue weighted by atomic mass is 16.5. The minimum absolute atomic E-state index is 0.637. The minimum atomic E-state index is 0.637. The third kappa shape index (κ3) is 3.99. The van der Waals surface area contributed by atoms with Gasteiger partial charge in [0, 0.05) is 12.6 Å². The Hall–Kier alpha value is -1.80. The normalized spacial score (nSPS) is 16.9. The first-order chi connectivity index (χ1) is 11.8. The van der Waals surface area contributed by atoms with E-state index in [9.17, 15) is 0 Å². The number of hydrogen-bond donors (Lipinski definition) is 0. The zero-order valence-electron chi connectivity index (χ0n) is 15.0. The van der Waals surface area contributed by atoms with Gasteiger partial charge in [-0.2, -0.15) is 0 Å². The summed E-state index contributed by atoms with van der Waals surface area (Å²) in [5.74, 6) is 1.07. The molecule has 1 unspecified atom stereocenters. The molecule has 2 nitrogen and oxygen atoms in total. The fourth-order valence-electron chi connectivity index (χ4n) is 3.92. The predicted octanol–water partition coefficient (Wildman–Crippen LogP) is 4.51. The Kier molecular flexibility index (Phi) is 5.92. The lowest BCUT2D eigenvalue weighted by Crippen LogP contribution is -2.41. The molecule has 0 radical (unpaired) electrons. The number of hydrogen-bond acceptors (Lipinski definition) is 2. The van der Waals surface area contributed by atoms with Crippen molar-refractivity contribution in [2.24, 2.45) is 0 Å². The molecule has 0 spiro atoms. The van der Waals surface area contributed by atoms with E-state index in [1.807, 2.05) is 0 Å². The van der Waals surface area contributed by atoms with Gasteiger partial charge in [-0.1, -0.05) is 49.4 Å². The molecule has 1 aliphatic rings. The van der Waals surface area contributed by atoms with Gasteiger partial charge in [0.25, 0.3) is 0 Å². The van der Waals surface area contributed by atoms with Crippen molar-refractivity contribution in [2.75, 3.05) is 20.2 Å². The standard InChI is InChI=1S/C22H29NO/c1-3-15-23(16-14-18-8-5-4-6-9-18)20-13-12-19-10-7-11-22(24-2)21(19)17-20/h4-11,20H,3,12-17H2,1-2H3. The topological polar surface area (TPSA) is 12.5 Å². The maximum atomic E-state index is 5.61. The second-order valence-corrected chi connectivity index (χ2v) is 6.77. The van der Waals surface area contributed by atoms with E-state index in [4.69, 9.17) is 4.74 Å². The molecule has 0 saturated heterocycles. The molecular weight excluding hydrogens is 294 g/mol. The number of ether oxygens (including phenoxy) is 1. The lowest BCUT2D eigenvalue weighted by molar-refractivity contribution is 0.180. The van der Waals surface area contributed by atoms with Crippen molar-refractivity contribution in [1.82, 2.24) is 4.90 Å². The number of fused-ring (bicyclic) bond motifs is 1. The van der Waals surface area contributed by atoms with E-state index >= 15 is 0 Å². The van der Waals surface area contributed by atoms with E-state index < -0.39 is 0 Å². The van der Waals surface area contributed by atoms with Crippen molar-refractivity contribution < 1.29 is 4.74 Å². The largest absolute Gasteiger partial charge is 0.496 e. The molecule has 3 rings (SSSR count). The van der Waals surface area contributed by atoms with Crippen LogP contribution < -0.4 is 4.74 Å². The molecule has 1 atom stereocenters. The van der Waals surface area contributed by atoms with Gasteiger partial charge in [-0.3, -0.25) is 4.90 Å². The second kappa shape index (κ2) is 8.34.